The van der Waals surface area contributed by atoms with Gasteiger partial charge in [-0.3, -0.25) is 4.72 Å². The second-order valence-corrected chi connectivity index (χ2v) is 7.00. The third kappa shape index (κ3) is 3.55. The van der Waals surface area contributed by atoms with Crippen LogP contribution in [0.2, 0.25) is 10.0 Å². The number of ether oxygens (including phenoxy) is 1. The number of halogens is 2. The average molecular weight is 363 g/mol. The summed E-state index contributed by atoms with van der Waals surface area (Å²) in [6, 6.07) is 5.42. The normalized spacial score (nSPS) is 11.3. The van der Waals surface area contributed by atoms with Gasteiger partial charge in [0.25, 0.3) is 10.0 Å². The molecule has 6 nitrogen and oxygen atoms in total. The first-order valence-electron chi connectivity index (χ1n) is 6.00. The molecule has 2 aromatic rings. The van der Waals surface area contributed by atoms with Crippen LogP contribution >= 0.6 is 23.2 Å². The first kappa shape index (κ1) is 16.7. The maximum Gasteiger partial charge on any atom is 0.356 e. The van der Waals surface area contributed by atoms with Crippen molar-refractivity contribution in [2.75, 3.05) is 11.8 Å². The molecule has 0 radical (unpaired) electrons. The highest BCUT2D eigenvalue weighted by atomic mass is 35.5. The Morgan fingerprint density at radius 1 is 1.18 bits per heavy atom. The van der Waals surface area contributed by atoms with Gasteiger partial charge in [0.1, 0.15) is 5.69 Å². The molecule has 2 rings (SSSR count). The van der Waals surface area contributed by atoms with Crippen LogP contribution in [0, 0.1) is 6.92 Å². The minimum Gasteiger partial charge on any atom is -0.464 e. The van der Waals surface area contributed by atoms with Crippen molar-refractivity contribution in [3.05, 3.63) is 45.7 Å². The second kappa shape index (κ2) is 6.20. The van der Waals surface area contributed by atoms with Gasteiger partial charge in [-0.1, -0.05) is 23.2 Å². The number of nitrogens with one attached hydrogen (secondary N) is 2. The van der Waals surface area contributed by atoms with E-state index >= 15 is 0 Å². The van der Waals surface area contributed by atoms with Crippen molar-refractivity contribution in [1.82, 2.24) is 4.98 Å². The van der Waals surface area contributed by atoms with E-state index in [1.807, 2.05) is 0 Å². The summed E-state index contributed by atoms with van der Waals surface area (Å²) in [5.74, 6) is -0.685. The Labute approximate surface area is 137 Å². The fourth-order valence-electron chi connectivity index (χ4n) is 1.82. The highest BCUT2D eigenvalue weighted by Crippen LogP contribution is 2.26. The van der Waals surface area contributed by atoms with Crippen LogP contribution in [0.25, 0.3) is 0 Å². The van der Waals surface area contributed by atoms with Gasteiger partial charge in [0.15, 0.2) is 0 Å². The molecule has 1 aromatic heterocycles. The quantitative estimate of drug-likeness (QED) is 0.817. The van der Waals surface area contributed by atoms with Crippen LogP contribution in [0.5, 0.6) is 0 Å². The van der Waals surface area contributed by atoms with Crippen molar-refractivity contribution >= 4 is 44.9 Å². The molecule has 0 fully saturated rings. The number of aromatic nitrogens is 1. The van der Waals surface area contributed by atoms with Crippen molar-refractivity contribution in [2.45, 2.75) is 11.8 Å². The van der Waals surface area contributed by atoms with Gasteiger partial charge in [0, 0.05) is 15.7 Å². The zero-order valence-electron chi connectivity index (χ0n) is 11.6. The van der Waals surface area contributed by atoms with Crippen LogP contribution in [0.1, 0.15) is 16.2 Å². The van der Waals surface area contributed by atoms with Gasteiger partial charge in [-0.05, 0) is 31.2 Å². The maximum absolute atomic E-state index is 12.4. The topological polar surface area (TPSA) is 88.3 Å². The Morgan fingerprint density at radius 2 is 1.77 bits per heavy atom. The van der Waals surface area contributed by atoms with Gasteiger partial charge in [-0.15, -0.1) is 0 Å². The molecule has 0 aliphatic carbocycles. The molecule has 0 aliphatic heterocycles. The molecule has 0 unspecified atom stereocenters. The Balaban J connectivity index is 2.43. The van der Waals surface area contributed by atoms with Crippen molar-refractivity contribution in [3.63, 3.8) is 0 Å². The van der Waals surface area contributed by atoms with E-state index in [1.54, 1.807) is 6.92 Å². The first-order valence-corrected chi connectivity index (χ1v) is 8.23. The molecule has 118 valence electrons. The maximum atomic E-state index is 12.4. The number of rotatable bonds is 4. The summed E-state index contributed by atoms with van der Waals surface area (Å²) >= 11 is 11.6. The number of sulfonamides is 1. The van der Waals surface area contributed by atoms with Gasteiger partial charge >= 0.3 is 5.97 Å². The molecule has 2 N–H and O–H groups in total. The van der Waals surface area contributed by atoms with Gasteiger partial charge < -0.3 is 9.72 Å². The zero-order chi connectivity index (χ0) is 16.5. The molecule has 0 amide bonds. The van der Waals surface area contributed by atoms with Crippen LogP contribution in [-0.2, 0) is 14.8 Å². The third-order valence-corrected chi connectivity index (χ3v) is 4.51. The fraction of sp³-hybridized carbons (Fsp3) is 0.154. The monoisotopic (exact) mass is 362 g/mol. The van der Waals surface area contributed by atoms with Crippen LogP contribution in [0.3, 0.4) is 0 Å². The number of H-pyrrole nitrogens is 1. The molecule has 0 saturated heterocycles. The lowest BCUT2D eigenvalue weighted by Crippen LogP contribution is -2.15. The predicted molar refractivity (Wildman–Crippen MR) is 84.1 cm³/mol. The summed E-state index contributed by atoms with van der Waals surface area (Å²) in [7, 11) is -2.75. The molecule has 0 atom stereocenters. The van der Waals surface area contributed by atoms with Crippen LogP contribution in [0.15, 0.2) is 29.2 Å². The largest absolute Gasteiger partial charge is 0.464 e. The van der Waals surface area contributed by atoms with E-state index in [0.29, 0.717) is 5.69 Å². The molecule has 1 aromatic carbocycles. The van der Waals surface area contributed by atoms with E-state index in [0.717, 1.165) is 0 Å². The van der Waals surface area contributed by atoms with Gasteiger partial charge in [0.05, 0.1) is 17.7 Å². The summed E-state index contributed by atoms with van der Waals surface area (Å²) < 4.78 is 31.7. The fourth-order valence-corrected chi connectivity index (χ4v) is 3.61. The molecule has 0 aliphatic rings. The second-order valence-electron chi connectivity index (χ2n) is 4.44. The van der Waals surface area contributed by atoms with E-state index in [9.17, 15) is 13.2 Å². The summed E-state index contributed by atoms with van der Waals surface area (Å²) in [6.07, 6.45) is 0. The van der Waals surface area contributed by atoms with Crippen molar-refractivity contribution in [3.8, 4) is 0 Å². The number of aryl methyl sites for hydroxylation is 1. The lowest BCUT2D eigenvalue weighted by molar-refractivity contribution is 0.0596. The minimum atomic E-state index is -3.96. The Morgan fingerprint density at radius 3 is 2.32 bits per heavy atom. The lowest BCUT2D eigenvalue weighted by atomic mass is 10.3. The van der Waals surface area contributed by atoms with E-state index in [-0.39, 0.29) is 26.3 Å². The molecular weight excluding hydrogens is 351 g/mol. The summed E-state index contributed by atoms with van der Waals surface area (Å²) in [6.45, 7) is 1.68. The Kier molecular flexibility index (Phi) is 4.69. The Hall–Kier alpha value is -1.70. The van der Waals surface area contributed by atoms with E-state index < -0.39 is 16.0 Å². The number of anilines is 1. The predicted octanol–water partition coefficient (Wildman–Crippen LogP) is 3.22. The number of benzene rings is 1. The summed E-state index contributed by atoms with van der Waals surface area (Å²) in [4.78, 5) is 14.3. The summed E-state index contributed by atoms with van der Waals surface area (Å²) in [5.41, 5.74) is 0.694. The smallest absolute Gasteiger partial charge is 0.356 e. The van der Waals surface area contributed by atoms with Crippen molar-refractivity contribution < 1.29 is 17.9 Å². The van der Waals surface area contributed by atoms with Gasteiger partial charge in [-0.25, -0.2) is 13.2 Å². The van der Waals surface area contributed by atoms with Gasteiger partial charge in [0.2, 0.25) is 0 Å². The highest BCUT2D eigenvalue weighted by molar-refractivity contribution is 7.92. The Bertz CT molecular complexity index is 810. The molecule has 0 saturated carbocycles. The molecule has 0 spiro atoms. The van der Waals surface area contributed by atoms with Crippen LogP contribution < -0.4 is 4.72 Å². The number of esters is 1. The minimum absolute atomic E-state index is 0.0108. The van der Waals surface area contributed by atoms with Crippen molar-refractivity contribution in [1.29, 1.82) is 0 Å². The standard InChI is InChI=1S/C13H12Cl2N2O4S/c1-7-3-11(12(16-7)13(18)21-2)17-22(19,20)10-5-8(14)4-9(15)6-10/h3-6,16-17H,1-2H3. The van der Waals surface area contributed by atoms with E-state index in [2.05, 4.69) is 14.4 Å². The third-order valence-electron chi connectivity index (χ3n) is 2.73. The van der Waals surface area contributed by atoms with Crippen molar-refractivity contribution in [2.24, 2.45) is 0 Å². The van der Waals surface area contributed by atoms with E-state index in [1.165, 1.54) is 31.4 Å². The average Bonchev–Trinajstić information content (AvgIpc) is 2.77. The molecule has 1 heterocycles. The van der Waals surface area contributed by atoms with Crippen LogP contribution in [0.4, 0.5) is 5.69 Å². The highest BCUT2D eigenvalue weighted by Gasteiger charge is 2.22. The number of hydrogen-bond donors (Lipinski definition) is 2. The van der Waals surface area contributed by atoms with Gasteiger partial charge in [-0.2, -0.15) is 0 Å². The lowest BCUT2D eigenvalue weighted by Gasteiger charge is -2.09. The number of carbonyl (C=O) groups excluding carboxylic acids is 1. The molecular formula is C13H12Cl2N2O4S. The van der Waals surface area contributed by atoms with E-state index in [4.69, 9.17) is 23.2 Å². The number of aromatic amines is 1. The molecule has 22 heavy (non-hydrogen) atoms. The molecule has 0 bridgehead atoms. The summed E-state index contributed by atoms with van der Waals surface area (Å²) in [5, 5.41) is 0.373. The molecule has 9 heteroatoms. The zero-order valence-corrected chi connectivity index (χ0v) is 13.9. The number of hydrogen-bond acceptors (Lipinski definition) is 4. The number of methoxy groups -OCH3 is 1. The van der Waals surface area contributed by atoms with Crippen LogP contribution in [-0.4, -0.2) is 26.5 Å². The SMILES string of the molecule is COC(=O)c1[nH]c(C)cc1NS(=O)(=O)c1cc(Cl)cc(Cl)c1. The number of carbonyl (C=O) groups is 1. The first-order chi connectivity index (χ1) is 10.2.